The van der Waals surface area contributed by atoms with E-state index in [-0.39, 0.29) is 24.2 Å². The fourth-order valence-corrected chi connectivity index (χ4v) is 3.92. The second-order valence-electron chi connectivity index (χ2n) is 8.02. The van der Waals surface area contributed by atoms with Gasteiger partial charge in [-0.3, -0.25) is 9.59 Å². The summed E-state index contributed by atoms with van der Waals surface area (Å²) < 4.78 is 5.25. The number of methoxy groups -OCH3 is 1. The predicted molar refractivity (Wildman–Crippen MR) is 131 cm³/mol. The van der Waals surface area contributed by atoms with Crippen LogP contribution in [0.4, 0.5) is 0 Å². The first kappa shape index (κ1) is 24.1. The van der Waals surface area contributed by atoms with Crippen molar-refractivity contribution >= 4 is 11.8 Å². The second kappa shape index (κ2) is 11.9. The Bertz CT molecular complexity index is 981. The van der Waals surface area contributed by atoms with Crippen molar-refractivity contribution in [3.63, 3.8) is 0 Å². The molecule has 0 saturated carbocycles. The van der Waals surface area contributed by atoms with Gasteiger partial charge >= 0.3 is 0 Å². The first-order valence-electron chi connectivity index (χ1n) is 11.3. The van der Waals surface area contributed by atoms with Crippen molar-refractivity contribution in [2.45, 2.75) is 38.8 Å². The number of amides is 2. The van der Waals surface area contributed by atoms with Gasteiger partial charge in [0.25, 0.3) is 0 Å². The molecule has 1 atom stereocenters. The van der Waals surface area contributed by atoms with E-state index in [4.69, 9.17) is 4.74 Å². The summed E-state index contributed by atoms with van der Waals surface area (Å²) in [5, 5.41) is 2.85. The van der Waals surface area contributed by atoms with Gasteiger partial charge in [-0.25, -0.2) is 0 Å². The third-order valence-electron chi connectivity index (χ3n) is 5.81. The van der Waals surface area contributed by atoms with Crippen molar-refractivity contribution < 1.29 is 14.3 Å². The topological polar surface area (TPSA) is 58.6 Å². The Hall–Kier alpha value is -3.60. The van der Waals surface area contributed by atoms with E-state index in [1.54, 1.807) is 18.9 Å². The molecule has 172 valence electrons. The first-order chi connectivity index (χ1) is 16.0. The van der Waals surface area contributed by atoms with E-state index in [1.165, 1.54) is 0 Å². The summed E-state index contributed by atoms with van der Waals surface area (Å²) >= 11 is 0. The molecule has 0 saturated heterocycles. The molecule has 0 heterocycles. The molecule has 0 aliphatic rings. The standard InChI is InChI=1S/C28H32N2O3/c1-4-29-28(32)21(2)30(20-22-15-17-25(33-3)18-16-22)27(31)19-26(23-11-7-5-8-12-23)24-13-9-6-10-14-24/h5-18,21,26H,4,19-20H2,1-3H3,(H,29,32). The molecule has 0 aromatic heterocycles. The molecule has 5 nitrogen and oxygen atoms in total. The molecule has 0 aliphatic heterocycles. The summed E-state index contributed by atoms with van der Waals surface area (Å²) in [7, 11) is 1.62. The highest BCUT2D eigenvalue weighted by Gasteiger charge is 2.28. The van der Waals surface area contributed by atoms with Crippen LogP contribution in [0, 0.1) is 0 Å². The molecule has 1 N–H and O–H groups in total. The predicted octanol–water partition coefficient (Wildman–Crippen LogP) is 4.77. The van der Waals surface area contributed by atoms with Crippen LogP contribution in [0.25, 0.3) is 0 Å². The third kappa shape index (κ3) is 6.45. The summed E-state index contributed by atoms with van der Waals surface area (Å²) in [5.74, 6) is 0.430. The zero-order chi connectivity index (χ0) is 23.6. The van der Waals surface area contributed by atoms with E-state index < -0.39 is 6.04 Å². The number of hydrogen-bond acceptors (Lipinski definition) is 3. The zero-order valence-corrected chi connectivity index (χ0v) is 19.5. The van der Waals surface area contributed by atoms with E-state index in [1.807, 2.05) is 91.9 Å². The molecule has 0 aliphatic carbocycles. The minimum atomic E-state index is -0.591. The molecule has 3 aromatic carbocycles. The smallest absolute Gasteiger partial charge is 0.242 e. The molecule has 0 fully saturated rings. The normalized spacial score (nSPS) is 11.6. The van der Waals surface area contributed by atoms with Crippen LogP contribution in [0.1, 0.15) is 42.9 Å². The van der Waals surface area contributed by atoms with Crippen molar-refractivity contribution in [1.29, 1.82) is 0 Å². The second-order valence-corrected chi connectivity index (χ2v) is 8.02. The number of benzene rings is 3. The van der Waals surface area contributed by atoms with Crippen LogP contribution in [0.2, 0.25) is 0 Å². The number of carbonyl (C=O) groups is 2. The number of rotatable bonds is 10. The molecule has 33 heavy (non-hydrogen) atoms. The minimum Gasteiger partial charge on any atom is -0.497 e. The van der Waals surface area contributed by atoms with Gasteiger partial charge in [0, 0.05) is 25.4 Å². The largest absolute Gasteiger partial charge is 0.497 e. The maximum atomic E-state index is 13.7. The lowest BCUT2D eigenvalue weighted by Gasteiger charge is -2.30. The fourth-order valence-electron chi connectivity index (χ4n) is 3.92. The van der Waals surface area contributed by atoms with Crippen molar-refractivity contribution in [2.24, 2.45) is 0 Å². The van der Waals surface area contributed by atoms with Crippen molar-refractivity contribution in [1.82, 2.24) is 10.2 Å². The monoisotopic (exact) mass is 444 g/mol. The van der Waals surface area contributed by atoms with E-state index >= 15 is 0 Å². The van der Waals surface area contributed by atoms with Crippen LogP contribution in [-0.2, 0) is 16.1 Å². The summed E-state index contributed by atoms with van der Waals surface area (Å²) in [6, 6.07) is 27.1. The number of likely N-dealkylation sites (N-methyl/N-ethyl adjacent to an activating group) is 1. The summed E-state index contributed by atoms with van der Waals surface area (Å²) in [5.41, 5.74) is 3.09. The quantitative estimate of drug-likeness (QED) is 0.490. The Morgan fingerprint density at radius 1 is 0.879 bits per heavy atom. The van der Waals surface area contributed by atoms with E-state index in [2.05, 4.69) is 5.32 Å². The average molecular weight is 445 g/mol. The van der Waals surface area contributed by atoms with Gasteiger partial charge in [0.05, 0.1) is 7.11 Å². The molecular formula is C28H32N2O3. The van der Waals surface area contributed by atoms with Gasteiger partial charge in [0.1, 0.15) is 11.8 Å². The Balaban J connectivity index is 1.90. The van der Waals surface area contributed by atoms with E-state index in [0.717, 1.165) is 22.4 Å². The third-order valence-corrected chi connectivity index (χ3v) is 5.81. The number of nitrogens with zero attached hydrogens (tertiary/aromatic N) is 1. The maximum absolute atomic E-state index is 13.7. The Morgan fingerprint density at radius 2 is 1.42 bits per heavy atom. The molecule has 2 amide bonds. The number of nitrogens with one attached hydrogen (secondary N) is 1. The molecule has 3 rings (SSSR count). The van der Waals surface area contributed by atoms with Crippen LogP contribution >= 0.6 is 0 Å². The van der Waals surface area contributed by atoms with Gasteiger partial charge in [0.2, 0.25) is 11.8 Å². The van der Waals surface area contributed by atoms with Gasteiger partial charge in [-0.15, -0.1) is 0 Å². The Labute approximate surface area is 196 Å². The lowest BCUT2D eigenvalue weighted by molar-refractivity contribution is -0.140. The van der Waals surface area contributed by atoms with Crippen molar-refractivity contribution in [3.8, 4) is 5.75 Å². The van der Waals surface area contributed by atoms with Gasteiger partial charge in [0.15, 0.2) is 0 Å². The van der Waals surface area contributed by atoms with Gasteiger partial charge < -0.3 is 15.0 Å². The summed E-state index contributed by atoms with van der Waals surface area (Å²) in [6.07, 6.45) is 0.272. The molecule has 0 spiro atoms. The first-order valence-corrected chi connectivity index (χ1v) is 11.3. The highest BCUT2D eigenvalue weighted by molar-refractivity contribution is 5.87. The summed E-state index contributed by atoms with van der Waals surface area (Å²) in [4.78, 5) is 28.1. The fraction of sp³-hybridized carbons (Fsp3) is 0.286. The van der Waals surface area contributed by atoms with Crippen LogP contribution in [0.3, 0.4) is 0 Å². The summed E-state index contributed by atoms with van der Waals surface area (Å²) in [6.45, 7) is 4.52. The van der Waals surface area contributed by atoms with Crippen LogP contribution < -0.4 is 10.1 Å². The highest BCUT2D eigenvalue weighted by atomic mass is 16.5. The Morgan fingerprint density at radius 3 is 1.91 bits per heavy atom. The lowest BCUT2D eigenvalue weighted by atomic mass is 9.88. The average Bonchev–Trinajstić information content (AvgIpc) is 2.86. The number of carbonyl (C=O) groups excluding carboxylic acids is 2. The lowest BCUT2D eigenvalue weighted by Crippen LogP contribution is -2.47. The zero-order valence-electron chi connectivity index (χ0n) is 19.5. The highest BCUT2D eigenvalue weighted by Crippen LogP contribution is 2.29. The Kier molecular flexibility index (Phi) is 8.64. The van der Waals surface area contributed by atoms with E-state index in [0.29, 0.717) is 13.1 Å². The van der Waals surface area contributed by atoms with Crippen molar-refractivity contribution in [3.05, 3.63) is 102 Å². The molecular weight excluding hydrogens is 412 g/mol. The van der Waals surface area contributed by atoms with Crippen LogP contribution in [0.15, 0.2) is 84.9 Å². The minimum absolute atomic E-state index is 0.0673. The maximum Gasteiger partial charge on any atom is 0.242 e. The molecule has 5 heteroatoms. The number of hydrogen-bond donors (Lipinski definition) is 1. The van der Waals surface area contributed by atoms with Gasteiger partial charge in [-0.05, 0) is 42.7 Å². The van der Waals surface area contributed by atoms with Crippen LogP contribution in [-0.4, -0.2) is 36.4 Å². The van der Waals surface area contributed by atoms with E-state index in [9.17, 15) is 9.59 Å². The van der Waals surface area contributed by atoms with Gasteiger partial charge in [-0.2, -0.15) is 0 Å². The van der Waals surface area contributed by atoms with Gasteiger partial charge in [-0.1, -0.05) is 72.8 Å². The molecule has 0 radical (unpaired) electrons. The van der Waals surface area contributed by atoms with Crippen LogP contribution in [0.5, 0.6) is 5.75 Å². The molecule has 1 unspecified atom stereocenters. The SMILES string of the molecule is CCNC(=O)C(C)N(Cc1ccc(OC)cc1)C(=O)CC(c1ccccc1)c1ccccc1. The number of ether oxygens (including phenoxy) is 1. The molecule has 0 bridgehead atoms. The van der Waals surface area contributed by atoms with Crippen molar-refractivity contribution in [2.75, 3.05) is 13.7 Å². The molecule has 3 aromatic rings.